The van der Waals surface area contributed by atoms with E-state index in [4.69, 9.17) is 23.2 Å². The van der Waals surface area contributed by atoms with E-state index in [-0.39, 0.29) is 0 Å². The summed E-state index contributed by atoms with van der Waals surface area (Å²) < 4.78 is 1.20. The fourth-order valence-electron chi connectivity index (χ4n) is 3.81. The fraction of sp³-hybridized carbons (Fsp3) is 0.417. The summed E-state index contributed by atoms with van der Waals surface area (Å²) in [4.78, 5) is 8.83. The smallest absolute Gasteiger partial charge is 0.101 e. The van der Waals surface area contributed by atoms with Gasteiger partial charge in [0.25, 0.3) is 0 Å². The predicted molar refractivity (Wildman–Crippen MR) is 142 cm³/mol. The van der Waals surface area contributed by atoms with Gasteiger partial charge in [0.1, 0.15) is 11.7 Å². The van der Waals surface area contributed by atoms with Crippen LogP contribution < -0.4 is 10.6 Å². The van der Waals surface area contributed by atoms with E-state index in [2.05, 4.69) is 69.2 Å². The average Bonchev–Trinajstić information content (AvgIpc) is 3.46. The third-order valence-electron chi connectivity index (χ3n) is 5.44. The summed E-state index contributed by atoms with van der Waals surface area (Å²) in [7, 11) is 0. The zero-order valence-electron chi connectivity index (χ0n) is 18.1. The summed E-state index contributed by atoms with van der Waals surface area (Å²) in [5, 5.41) is 8.30. The number of rotatable bonds is 6. The van der Waals surface area contributed by atoms with Crippen molar-refractivity contribution in [2.75, 3.05) is 26.2 Å². The molecule has 2 aromatic rings. The molecule has 0 aromatic heterocycles. The Hall–Kier alpha value is -1.31. The van der Waals surface area contributed by atoms with Gasteiger partial charge in [0.15, 0.2) is 0 Å². The second-order valence-electron chi connectivity index (χ2n) is 7.43. The molecule has 0 spiro atoms. The topological polar surface area (TPSA) is 48.8 Å². The lowest BCUT2D eigenvalue weighted by Gasteiger charge is -2.15. The average molecular weight is 571 g/mol. The minimum atomic E-state index is 0.817. The highest BCUT2D eigenvalue weighted by Crippen LogP contribution is 2.26. The zero-order chi connectivity index (χ0) is 22.2. The van der Waals surface area contributed by atoms with Crippen molar-refractivity contribution < 1.29 is 0 Å². The van der Waals surface area contributed by atoms with Crippen molar-refractivity contribution in [1.29, 1.82) is 0 Å². The summed E-state index contributed by atoms with van der Waals surface area (Å²) in [6.07, 6.45) is 3.74. The van der Waals surface area contributed by atoms with E-state index in [1.807, 2.05) is 18.2 Å². The third-order valence-corrected chi connectivity index (χ3v) is 7.16. The van der Waals surface area contributed by atoms with E-state index in [1.54, 1.807) is 0 Å². The van der Waals surface area contributed by atoms with Crippen molar-refractivity contribution in [1.82, 2.24) is 10.6 Å². The van der Waals surface area contributed by atoms with E-state index < -0.39 is 0 Å². The molecule has 4 nitrogen and oxygen atoms in total. The number of aryl methyl sites for hydroxylation is 1. The number of benzene rings is 2. The van der Waals surface area contributed by atoms with Crippen molar-refractivity contribution in [2.45, 2.75) is 39.5 Å². The first kappa shape index (κ1) is 24.3. The van der Waals surface area contributed by atoms with Crippen LogP contribution >= 0.6 is 45.8 Å². The summed E-state index contributed by atoms with van der Waals surface area (Å²) in [6.45, 7) is 8.06. The third kappa shape index (κ3) is 6.59. The number of halogens is 3. The zero-order valence-corrected chi connectivity index (χ0v) is 21.7. The van der Waals surface area contributed by atoms with E-state index in [9.17, 15) is 0 Å². The Morgan fingerprint density at radius 1 is 0.806 bits per heavy atom. The highest BCUT2D eigenvalue weighted by molar-refractivity contribution is 14.1. The largest absolute Gasteiger partial charge is 0.372 e. The van der Waals surface area contributed by atoms with Crippen LogP contribution in [0.3, 0.4) is 0 Å². The molecule has 166 valence electrons. The van der Waals surface area contributed by atoms with Gasteiger partial charge in [-0.05, 0) is 75.9 Å². The number of nitrogens with zero attached hydrogens (tertiary/aromatic N) is 2. The SMILES string of the molecule is CCc1ccc(Cl)c(CC)c1CC1=NCCN1.Clc1cccc(I)c1CC1=NCCN1. The van der Waals surface area contributed by atoms with E-state index >= 15 is 0 Å². The Morgan fingerprint density at radius 3 is 1.94 bits per heavy atom. The molecule has 0 unspecified atom stereocenters. The first-order valence-corrected chi connectivity index (χ1v) is 12.6. The molecule has 7 heteroatoms. The molecule has 0 bridgehead atoms. The maximum absolute atomic E-state index is 6.28. The Morgan fingerprint density at radius 2 is 1.42 bits per heavy atom. The highest BCUT2D eigenvalue weighted by Gasteiger charge is 2.14. The quantitative estimate of drug-likeness (QED) is 0.451. The van der Waals surface area contributed by atoms with Gasteiger partial charge in [-0.2, -0.15) is 0 Å². The van der Waals surface area contributed by atoms with Gasteiger partial charge in [0.05, 0.1) is 13.1 Å². The van der Waals surface area contributed by atoms with Crippen LogP contribution in [0.4, 0.5) is 0 Å². The van der Waals surface area contributed by atoms with Gasteiger partial charge in [-0.3, -0.25) is 9.98 Å². The van der Waals surface area contributed by atoms with E-state index in [0.29, 0.717) is 0 Å². The molecule has 2 heterocycles. The predicted octanol–water partition coefficient (Wildman–Crippen LogP) is 5.50. The molecule has 2 N–H and O–H groups in total. The monoisotopic (exact) mass is 570 g/mol. The molecule has 31 heavy (non-hydrogen) atoms. The Balaban J connectivity index is 0.000000179. The molecular weight excluding hydrogens is 542 g/mol. The molecular formula is C24H29Cl2IN4. The number of nitrogens with one attached hydrogen (secondary N) is 2. The molecule has 0 fully saturated rings. The minimum absolute atomic E-state index is 0.817. The highest BCUT2D eigenvalue weighted by atomic mass is 127. The summed E-state index contributed by atoms with van der Waals surface area (Å²) in [6, 6.07) is 10.1. The lowest BCUT2D eigenvalue weighted by molar-refractivity contribution is 0.947. The number of hydrogen-bond donors (Lipinski definition) is 2. The van der Waals surface area contributed by atoms with Crippen molar-refractivity contribution in [3.8, 4) is 0 Å². The van der Waals surface area contributed by atoms with Gasteiger partial charge in [0, 0.05) is 39.5 Å². The van der Waals surface area contributed by atoms with Crippen molar-refractivity contribution in [2.24, 2.45) is 9.98 Å². The van der Waals surface area contributed by atoms with Crippen LogP contribution in [0, 0.1) is 3.57 Å². The summed E-state index contributed by atoms with van der Waals surface area (Å²) in [5.41, 5.74) is 5.21. The molecule has 2 aliphatic rings. The van der Waals surface area contributed by atoms with Crippen LogP contribution in [0.1, 0.15) is 36.1 Å². The molecule has 0 aliphatic carbocycles. The summed E-state index contributed by atoms with van der Waals surface area (Å²) >= 11 is 14.7. The standard InChI is InChI=1S/C14H19ClN2.C10H10ClIN2/c1-3-10-5-6-13(15)11(4-2)12(10)9-14-16-7-8-17-14;11-8-2-1-3-9(12)7(8)6-10-13-4-5-14-10/h5-6H,3-4,7-9H2,1-2H3,(H,16,17);1-3H,4-6H2,(H,13,14). The maximum Gasteiger partial charge on any atom is 0.101 e. The second-order valence-corrected chi connectivity index (χ2v) is 9.41. The van der Waals surface area contributed by atoms with Gasteiger partial charge in [-0.15, -0.1) is 0 Å². The van der Waals surface area contributed by atoms with Crippen LogP contribution in [0.5, 0.6) is 0 Å². The first-order valence-electron chi connectivity index (χ1n) is 10.8. The Kier molecular flexibility index (Phi) is 9.48. The maximum atomic E-state index is 6.28. The van der Waals surface area contributed by atoms with Crippen molar-refractivity contribution in [3.05, 3.63) is 66.2 Å². The molecule has 0 saturated heterocycles. The lowest BCUT2D eigenvalue weighted by Crippen LogP contribution is -2.22. The van der Waals surface area contributed by atoms with Crippen molar-refractivity contribution >= 4 is 57.5 Å². The van der Waals surface area contributed by atoms with Crippen molar-refractivity contribution in [3.63, 3.8) is 0 Å². The number of hydrogen-bond acceptors (Lipinski definition) is 4. The molecule has 2 aromatic carbocycles. The molecule has 0 atom stereocenters. The van der Waals surface area contributed by atoms with Gasteiger partial charge in [-0.25, -0.2) is 0 Å². The molecule has 0 radical (unpaired) electrons. The van der Waals surface area contributed by atoms with Crippen LogP contribution in [-0.2, 0) is 25.7 Å². The molecule has 4 rings (SSSR count). The van der Waals surface area contributed by atoms with E-state index in [1.165, 1.54) is 25.8 Å². The fourth-order valence-corrected chi connectivity index (χ4v) is 5.21. The van der Waals surface area contributed by atoms with Crippen LogP contribution in [0.2, 0.25) is 10.0 Å². The first-order chi connectivity index (χ1) is 15.0. The Bertz CT molecular complexity index is 952. The van der Waals surface area contributed by atoms with Crippen LogP contribution in [-0.4, -0.2) is 37.9 Å². The van der Waals surface area contributed by atoms with Gasteiger partial charge >= 0.3 is 0 Å². The van der Waals surface area contributed by atoms with Crippen LogP contribution in [0.25, 0.3) is 0 Å². The van der Waals surface area contributed by atoms with Crippen LogP contribution in [0.15, 0.2) is 40.3 Å². The Labute approximate surface area is 209 Å². The lowest BCUT2D eigenvalue weighted by atomic mass is 9.94. The summed E-state index contributed by atoms with van der Waals surface area (Å²) in [5.74, 6) is 2.16. The molecule has 2 aliphatic heterocycles. The molecule has 0 saturated carbocycles. The van der Waals surface area contributed by atoms with E-state index in [0.717, 1.165) is 73.6 Å². The number of aliphatic imine (C=N–C) groups is 2. The second kappa shape index (κ2) is 12.1. The van der Waals surface area contributed by atoms with Gasteiger partial charge < -0.3 is 10.6 Å². The minimum Gasteiger partial charge on any atom is -0.372 e. The van der Waals surface area contributed by atoms with Gasteiger partial charge in [0.2, 0.25) is 0 Å². The van der Waals surface area contributed by atoms with Gasteiger partial charge in [-0.1, -0.05) is 49.2 Å². The molecule has 0 amide bonds. The normalized spacial score (nSPS) is 14.9. The number of amidine groups is 2.